The minimum absolute atomic E-state index is 0.233. The molecule has 7 heteroatoms. The van der Waals surface area contributed by atoms with Gasteiger partial charge in [-0.25, -0.2) is 9.07 Å². The molecule has 0 atom stereocenters. The number of nitrogens with zero attached hydrogens (tertiary/aromatic N) is 3. The number of halogens is 2. The Bertz CT molecular complexity index is 851. The van der Waals surface area contributed by atoms with Crippen LogP contribution in [0.1, 0.15) is 0 Å². The summed E-state index contributed by atoms with van der Waals surface area (Å²) in [4.78, 5) is 0. The van der Waals surface area contributed by atoms with Gasteiger partial charge in [0.15, 0.2) is 11.5 Å². The van der Waals surface area contributed by atoms with Gasteiger partial charge in [-0.05, 0) is 36.4 Å². The lowest BCUT2D eigenvalue weighted by Gasteiger charge is -2.08. The van der Waals surface area contributed by atoms with Crippen LogP contribution in [0.5, 0.6) is 11.5 Å². The fourth-order valence-electron chi connectivity index (χ4n) is 2.17. The Morgan fingerprint density at radius 3 is 2.57 bits per heavy atom. The quantitative estimate of drug-likeness (QED) is 0.729. The summed E-state index contributed by atoms with van der Waals surface area (Å²) in [6, 6.07) is 9.63. The Kier molecular flexibility index (Phi) is 4.16. The van der Waals surface area contributed by atoms with Crippen LogP contribution in [0.25, 0.3) is 16.9 Å². The van der Waals surface area contributed by atoms with Crippen molar-refractivity contribution in [1.82, 2.24) is 15.0 Å². The molecule has 23 heavy (non-hydrogen) atoms. The third-order valence-electron chi connectivity index (χ3n) is 3.33. The van der Waals surface area contributed by atoms with Gasteiger partial charge in [0, 0.05) is 10.6 Å². The second-order valence-corrected chi connectivity index (χ2v) is 5.15. The highest BCUT2D eigenvalue weighted by Crippen LogP contribution is 2.31. The van der Waals surface area contributed by atoms with E-state index in [0.29, 0.717) is 22.2 Å². The molecule has 0 aliphatic carbocycles. The lowest BCUT2D eigenvalue weighted by molar-refractivity contribution is 0.355. The van der Waals surface area contributed by atoms with Gasteiger partial charge in [-0.3, -0.25) is 0 Å². The first kappa shape index (κ1) is 15.3. The van der Waals surface area contributed by atoms with E-state index in [0.717, 1.165) is 5.56 Å². The second-order valence-electron chi connectivity index (χ2n) is 4.71. The molecular weight excluding hydrogens is 321 g/mol. The summed E-state index contributed by atoms with van der Waals surface area (Å²) in [5.41, 5.74) is 1.58. The van der Waals surface area contributed by atoms with Crippen LogP contribution in [-0.4, -0.2) is 29.2 Å². The van der Waals surface area contributed by atoms with E-state index in [1.165, 1.54) is 22.9 Å². The molecule has 0 aliphatic rings. The van der Waals surface area contributed by atoms with Gasteiger partial charge in [-0.2, -0.15) is 0 Å². The summed E-state index contributed by atoms with van der Waals surface area (Å²) in [6.07, 6.45) is 1.62. The zero-order chi connectivity index (χ0) is 16.4. The Labute approximate surface area is 137 Å². The third-order valence-corrected chi connectivity index (χ3v) is 3.56. The maximum Gasteiger partial charge on any atom is 0.161 e. The average molecular weight is 334 g/mol. The number of hydrogen-bond acceptors (Lipinski definition) is 4. The summed E-state index contributed by atoms with van der Waals surface area (Å²) in [5.74, 6) is 0.760. The number of methoxy groups -OCH3 is 2. The molecule has 0 saturated heterocycles. The molecule has 3 aromatic rings. The predicted molar refractivity (Wildman–Crippen MR) is 84.9 cm³/mol. The van der Waals surface area contributed by atoms with Crippen LogP contribution in [0.4, 0.5) is 4.39 Å². The van der Waals surface area contributed by atoms with Crippen molar-refractivity contribution in [2.75, 3.05) is 14.2 Å². The van der Waals surface area contributed by atoms with Crippen LogP contribution in [0.15, 0.2) is 42.6 Å². The zero-order valence-corrected chi connectivity index (χ0v) is 13.2. The van der Waals surface area contributed by atoms with Crippen LogP contribution < -0.4 is 9.47 Å². The summed E-state index contributed by atoms with van der Waals surface area (Å²) in [7, 11) is 3.12. The SMILES string of the molecule is COc1ccc(-c2cn(-c3cc(Cl)ccc3F)nn2)cc1OC. The smallest absolute Gasteiger partial charge is 0.161 e. The predicted octanol–water partition coefficient (Wildman–Crippen LogP) is 3.74. The number of benzene rings is 2. The molecule has 1 heterocycles. The van der Waals surface area contributed by atoms with Crippen molar-refractivity contribution in [2.45, 2.75) is 0 Å². The molecule has 0 unspecified atom stereocenters. The number of rotatable bonds is 4. The van der Waals surface area contributed by atoms with Crippen molar-refractivity contribution in [3.05, 3.63) is 53.4 Å². The molecule has 0 bridgehead atoms. The van der Waals surface area contributed by atoms with Crippen LogP contribution in [-0.2, 0) is 0 Å². The molecule has 3 rings (SSSR count). The van der Waals surface area contributed by atoms with E-state index in [9.17, 15) is 4.39 Å². The second kappa shape index (κ2) is 6.26. The summed E-state index contributed by atoms with van der Waals surface area (Å²) in [6.45, 7) is 0. The van der Waals surface area contributed by atoms with Gasteiger partial charge in [0.1, 0.15) is 17.2 Å². The van der Waals surface area contributed by atoms with Gasteiger partial charge in [0.05, 0.1) is 20.4 Å². The van der Waals surface area contributed by atoms with Gasteiger partial charge < -0.3 is 9.47 Å². The highest BCUT2D eigenvalue weighted by Gasteiger charge is 2.12. The van der Waals surface area contributed by atoms with Crippen LogP contribution >= 0.6 is 11.6 Å². The first-order valence-electron chi connectivity index (χ1n) is 6.72. The molecule has 0 radical (unpaired) electrons. The molecule has 0 fully saturated rings. The molecule has 2 aromatic carbocycles. The van der Waals surface area contributed by atoms with Crippen LogP contribution in [0.2, 0.25) is 5.02 Å². The van der Waals surface area contributed by atoms with E-state index in [-0.39, 0.29) is 5.69 Å². The molecule has 5 nitrogen and oxygen atoms in total. The number of hydrogen-bond donors (Lipinski definition) is 0. The minimum atomic E-state index is -0.432. The summed E-state index contributed by atoms with van der Waals surface area (Å²) >= 11 is 5.90. The maximum absolute atomic E-state index is 13.9. The normalized spacial score (nSPS) is 10.6. The fraction of sp³-hybridized carbons (Fsp3) is 0.125. The molecule has 1 aromatic heterocycles. The van der Waals surface area contributed by atoms with Gasteiger partial charge in [0.2, 0.25) is 0 Å². The molecule has 0 amide bonds. The first-order valence-corrected chi connectivity index (χ1v) is 7.10. The maximum atomic E-state index is 13.9. The van der Waals surface area contributed by atoms with E-state index in [1.54, 1.807) is 32.5 Å². The Hall–Kier alpha value is -2.60. The lowest BCUT2D eigenvalue weighted by Crippen LogP contribution is -1.98. The van der Waals surface area contributed by atoms with Crippen molar-refractivity contribution < 1.29 is 13.9 Å². The third kappa shape index (κ3) is 2.98. The van der Waals surface area contributed by atoms with Crippen molar-refractivity contribution in [3.8, 4) is 28.4 Å². The largest absolute Gasteiger partial charge is 0.493 e. The Morgan fingerprint density at radius 2 is 1.83 bits per heavy atom. The van der Waals surface area contributed by atoms with E-state index >= 15 is 0 Å². The zero-order valence-electron chi connectivity index (χ0n) is 12.5. The molecule has 0 saturated carbocycles. The standard InChI is InChI=1S/C16H13ClFN3O2/c1-22-15-6-3-10(7-16(15)23-2)13-9-21(20-19-13)14-8-11(17)4-5-12(14)18/h3-9H,1-2H3. The Morgan fingerprint density at radius 1 is 1.04 bits per heavy atom. The van der Waals surface area contributed by atoms with Crippen molar-refractivity contribution in [3.63, 3.8) is 0 Å². The number of aromatic nitrogens is 3. The van der Waals surface area contributed by atoms with Crippen molar-refractivity contribution >= 4 is 11.6 Å². The van der Waals surface area contributed by atoms with E-state index < -0.39 is 5.82 Å². The molecule has 0 spiro atoms. The van der Waals surface area contributed by atoms with Crippen LogP contribution in [0, 0.1) is 5.82 Å². The van der Waals surface area contributed by atoms with Gasteiger partial charge in [-0.1, -0.05) is 16.8 Å². The fourth-order valence-corrected chi connectivity index (χ4v) is 2.34. The van der Waals surface area contributed by atoms with Gasteiger partial charge in [0.25, 0.3) is 0 Å². The van der Waals surface area contributed by atoms with Gasteiger partial charge >= 0.3 is 0 Å². The topological polar surface area (TPSA) is 49.2 Å². The van der Waals surface area contributed by atoms with Gasteiger partial charge in [-0.15, -0.1) is 5.10 Å². The van der Waals surface area contributed by atoms with E-state index in [2.05, 4.69) is 10.3 Å². The Balaban J connectivity index is 2.00. The minimum Gasteiger partial charge on any atom is -0.493 e. The molecular formula is C16H13ClFN3O2. The molecule has 0 aliphatic heterocycles. The number of ether oxygens (including phenoxy) is 2. The highest BCUT2D eigenvalue weighted by molar-refractivity contribution is 6.30. The van der Waals surface area contributed by atoms with Crippen molar-refractivity contribution in [1.29, 1.82) is 0 Å². The van der Waals surface area contributed by atoms with Crippen LogP contribution in [0.3, 0.4) is 0 Å². The van der Waals surface area contributed by atoms with Crippen molar-refractivity contribution in [2.24, 2.45) is 0 Å². The molecule has 118 valence electrons. The molecule has 0 N–H and O–H groups in total. The summed E-state index contributed by atoms with van der Waals surface area (Å²) in [5, 5.41) is 8.45. The highest BCUT2D eigenvalue weighted by atomic mass is 35.5. The lowest BCUT2D eigenvalue weighted by atomic mass is 10.1. The monoisotopic (exact) mass is 333 g/mol. The summed E-state index contributed by atoms with van der Waals surface area (Å²) < 4.78 is 25.7. The first-order chi connectivity index (χ1) is 11.1. The van der Waals surface area contributed by atoms with E-state index in [4.69, 9.17) is 21.1 Å². The average Bonchev–Trinajstić information content (AvgIpc) is 3.06. The van der Waals surface area contributed by atoms with E-state index in [1.807, 2.05) is 6.07 Å².